The van der Waals surface area contributed by atoms with Gasteiger partial charge in [0.2, 0.25) is 0 Å². The van der Waals surface area contributed by atoms with Gasteiger partial charge in [0, 0.05) is 36.4 Å². The Labute approximate surface area is 188 Å². The van der Waals surface area contributed by atoms with Crippen LogP contribution in [0.25, 0.3) is 5.57 Å². The van der Waals surface area contributed by atoms with E-state index in [0.717, 1.165) is 53.2 Å². The van der Waals surface area contributed by atoms with E-state index < -0.39 is 0 Å². The van der Waals surface area contributed by atoms with E-state index in [1.165, 1.54) is 32.1 Å². The second kappa shape index (κ2) is 7.51. The van der Waals surface area contributed by atoms with Gasteiger partial charge in [0.25, 0.3) is 0 Å². The zero-order valence-electron chi connectivity index (χ0n) is 18.2. The minimum atomic E-state index is -0.108. The monoisotopic (exact) mass is 437 g/mol. The first-order chi connectivity index (χ1) is 15.0. The number of amides is 1. The van der Waals surface area contributed by atoms with Gasteiger partial charge < -0.3 is 9.64 Å². The molecule has 5 nitrogen and oxygen atoms in total. The molecular weight excluding hydrogens is 406 g/mol. The van der Waals surface area contributed by atoms with Gasteiger partial charge in [-0.1, -0.05) is 6.58 Å². The smallest absolute Gasteiger partial charge is 0.410 e. The Bertz CT molecular complexity index is 936. The lowest BCUT2D eigenvalue weighted by Gasteiger charge is -2.53. The Morgan fingerprint density at radius 1 is 1.19 bits per heavy atom. The number of aromatic nitrogens is 1. The molecule has 31 heavy (non-hydrogen) atoms. The molecule has 7 rings (SSSR count). The summed E-state index contributed by atoms with van der Waals surface area (Å²) < 4.78 is 6.24. The predicted octanol–water partition coefficient (Wildman–Crippen LogP) is 5.60. The van der Waals surface area contributed by atoms with Gasteiger partial charge in [-0.15, -0.1) is 11.3 Å². The van der Waals surface area contributed by atoms with Crippen molar-refractivity contribution >= 4 is 23.0 Å². The molecule has 1 saturated heterocycles. The van der Waals surface area contributed by atoms with Crippen molar-refractivity contribution in [2.24, 2.45) is 23.7 Å². The van der Waals surface area contributed by atoms with Crippen molar-refractivity contribution < 1.29 is 9.53 Å². The van der Waals surface area contributed by atoms with Crippen LogP contribution >= 0.6 is 11.3 Å². The van der Waals surface area contributed by atoms with Gasteiger partial charge >= 0.3 is 6.09 Å². The topological polar surface area (TPSA) is 45.7 Å². The molecule has 164 valence electrons. The van der Waals surface area contributed by atoms with Gasteiger partial charge in [0.15, 0.2) is 0 Å². The normalized spacial score (nSPS) is 36.3. The van der Waals surface area contributed by atoms with Crippen molar-refractivity contribution in [3.63, 3.8) is 0 Å². The maximum atomic E-state index is 13.2. The summed E-state index contributed by atoms with van der Waals surface area (Å²) in [7, 11) is 1.99. The minimum Gasteiger partial charge on any atom is -0.445 e. The zero-order chi connectivity index (χ0) is 21.1. The summed E-state index contributed by atoms with van der Waals surface area (Å²) in [5.41, 5.74) is 2.99. The van der Waals surface area contributed by atoms with Crippen LogP contribution in [0.5, 0.6) is 0 Å². The fourth-order valence-electron chi connectivity index (χ4n) is 6.84. The summed E-state index contributed by atoms with van der Waals surface area (Å²) in [6.45, 7) is 4.86. The average Bonchev–Trinajstić information content (AvgIpc) is 3.41. The third-order valence-corrected chi connectivity index (χ3v) is 9.17. The molecule has 1 aromatic heterocycles. The molecule has 0 radical (unpaired) electrons. The van der Waals surface area contributed by atoms with E-state index in [2.05, 4.69) is 24.1 Å². The number of rotatable bonds is 3. The third kappa shape index (κ3) is 3.43. The number of likely N-dealkylation sites (tertiary alicyclic amines) is 1. The van der Waals surface area contributed by atoms with Crippen LogP contribution in [-0.2, 0) is 4.74 Å². The zero-order valence-corrected chi connectivity index (χ0v) is 19.0. The van der Waals surface area contributed by atoms with Gasteiger partial charge in [-0.2, -0.15) is 0 Å². The Kier molecular flexibility index (Phi) is 4.74. The number of allylic oxidation sites excluding steroid dienone is 3. The van der Waals surface area contributed by atoms with Crippen LogP contribution in [0.15, 0.2) is 36.0 Å². The van der Waals surface area contributed by atoms with Gasteiger partial charge in [-0.05, 0) is 80.8 Å². The first-order valence-electron chi connectivity index (χ1n) is 11.8. The lowest BCUT2D eigenvalue weighted by atomic mass is 9.55. The van der Waals surface area contributed by atoms with Gasteiger partial charge in [0.1, 0.15) is 11.1 Å². The lowest BCUT2D eigenvalue weighted by Crippen LogP contribution is -2.51. The Morgan fingerprint density at radius 2 is 1.94 bits per heavy atom. The summed E-state index contributed by atoms with van der Waals surface area (Å²) in [6, 6.07) is 0.0436. The minimum absolute atomic E-state index is 0.0436. The quantitative estimate of drug-likeness (QED) is 0.618. The number of nitrogens with zero attached hydrogens (tertiary/aromatic N) is 3. The molecule has 0 unspecified atom stereocenters. The molecule has 4 bridgehead atoms. The van der Waals surface area contributed by atoms with Crippen LogP contribution in [0, 0.1) is 23.7 Å². The highest BCUT2D eigenvalue weighted by atomic mass is 32.1. The molecule has 0 spiro atoms. The van der Waals surface area contributed by atoms with Crippen molar-refractivity contribution in [1.29, 1.82) is 0 Å². The molecular formula is C25H31N3O2S. The fraction of sp³-hybridized carbons (Fsp3) is 0.600. The van der Waals surface area contributed by atoms with E-state index in [9.17, 15) is 4.79 Å². The molecule has 4 aliphatic carbocycles. The predicted molar refractivity (Wildman–Crippen MR) is 122 cm³/mol. The first kappa shape index (κ1) is 19.6. The van der Waals surface area contributed by atoms with Crippen LogP contribution in [-0.4, -0.2) is 40.6 Å². The van der Waals surface area contributed by atoms with E-state index in [0.29, 0.717) is 11.8 Å². The number of hydrogen-bond acceptors (Lipinski definition) is 5. The molecule has 2 aliphatic heterocycles. The molecule has 5 fully saturated rings. The maximum absolute atomic E-state index is 13.2. The van der Waals surface area contributed by atoms with E-state index in [-0.39, 0.29) is 18.2 Å². The van der Waals surface area contributed by atoms with Crippen LogP contribution in [0.4, 0.5) is 4.79 Å². The van der Waals surface area contributed by atoms with E-state index >= 15 is 0 Å². The summed E-state index contributed by atoms with van der Waals surface area (Å²) in [6.07, 6.45) is 14.7. The second-order valence-corrected chi connectivity index (χ2v) is 11.1. The Balaban J connectivity index is 1.16. The Morgan fingerprint density at radius 3 is 2.65 bits per heavy atom. The molecule has 6 aliphatic rings. The molecule has 3 heterocycles. The number of hydrogen-bond donors (Lipinski definition) is 0. The summed E-state index contributed by atoms with van der Waals surface area (Å²) in [5, 5.41) is 3.12. The molecule has 6 heteroatoms. The molecule has 1 amide bonds. The van der Waals surface area contributed by atoms with Crippen molar-refractivity contribution in [3.05, 3.63) is 46.7 Å². The van der Waals surface area contributed by atoms with E-state index in [1.807, 2.05) is 23.0 Å². The summed E-state index contributed by atoms with van der Waals surface area (Å²) >= 11 is 1.65. The summed E-state index contributed by atoms with van der Waals surface area (Å²) in [4.78, 5) is 22.1. The average molecular weight is 438 g/mol. The first-order valence-corrected chi connectivity index (χ1v) is 12.7. The van der Waals surface area contributed by atoms with Gasteiger partial charge in [-0.25, -0.2) is 9.78 Å². The number of thiazole rings is 1. The number of ether oxygens (including phenoxy) is 1. The molecule has 0 aromatic carbocycles. The van der Waals surface area contributed by atoms with Crippen LogP contribution in [0.1, 0.15) is 61.7 Å². The highest BCUT2D eigenvalue weighted by Gasteiger charge is 2.50. The number of carbonyl (C=O) groups is 1. The van der Waals surface area contributed by atoms with E-state index in [1.54, 1.807) is 11.3 Å². The van der Waals surface area contributed by atoms with Crippen molar-refractivity contribution in [1.82, 2.24) is 14.8 Å². The number of likely N-dealkylation sites (N-methyl/N-ethyl adjacent to an activating group) is 1. The van der Waals surface area contributed by atoms with Crippen molar-refractivity contribution in [2.45, 2.75) is 57.1 Å². The molecule has 1 atom stereocenters. The van der Waals surface area contributed by atoms with Gasteiger partial charge in [0.05, 0.1) is 11.7 Å². The standard InChI is InChI=1S/C25H31N3O2S/c1-15-8-18(5-7-27(15)2)21-14-31-24(26-21)22-4-3-6-28(22)25(29)30-23-19-10-16-9-17(12-19)13-20(23)11-16/h5,7-8,14,16-17,19-20,22-23H,1,3-4,6,9-13H2,2H3/t16?,17?,19?,20?,22-,23?/m1/s1. The third-order valence-electron chi connectivity index (χ3n) is 8.22. The Hall–Kier alpha value is -2.08. The summed E-state index contributed by atoms with van der Waals surface area (Å²) in [5.74, 6) is 2.99. The second-order valence-electron chi connectivity index (χ2n) is 10.2. The largest absolute Gasteiger partial charge is 0.445 e. The SMILES string of the molecule is C=C1C=C(c2csc([C@H]3CCCN3C(=O)OC3C4CC5CC(C4)CC3C5)n2)C=CN1C. The number of carbonyl (C=O) groups excluding carboxylic acids is 1. The lowest BCUT2D eigenvalue weighted by molar-refractivity contribution is -0.103. The van der Waals surface area contributed by atoms with Crippen LogP contribution in [0.3, 0.4) is 0 Å². The van der Waals surface area contributed by atoms with Crippen molar-refractivity contribution in [3.8, 4) is 0 Å². The van der Waals surface area contributed by atoms with E-state index in [4.69, 9.17) is 9.72 Å². The maximum Gasteiger partial charge on any atom is 0.410 e. The fourth-order valence-corrected chi connectivity index (χ4v) is 7.82. The molecule has 0 N–H and O–H groups in total. The van der Waals surface area contributed by atoms with Crippen LogP contribution in [0.2, 0.25) is 0 Å². The van der Waals surface area contributed by atoms with Crippen molar-refractivity contribution in [2.75, 3.05) is 13.6 Å². The van der Waals surface area contributed by atoms with Crippen LogP contribution < -0.4 is 0 Å². The highest BCUT2D eigenvalue weighted by molar-refractivity contribution is 7.09. The molecule has 1 aromatic rings. The highest BCUT2D eigenvalue weighted by Crippen LogP contribution is 2.55. The molecule has 4 saturated carbocycles. The van der Waals surface area contributed by atoms with Gasteiger partial charge in [-0.3, -0.25) is 4.90 Å².